The van der Waals surface area contributed by atoms with E-state index >= 15 is 0 Å². The van der Waals surface area contributed by atoms with Gasteiger partial charge >= 0.3 is 0 Å². The Balaban J connectivity index is 1.90. The van der Waals surface area contributed by atoms with Crippen LogP contribution in [0.5, 0.6) is 0 Å². The van der Waals surface area contributed by atoms with Crippen molar-refractivity contribution in [3.05, 3.63) is 42.5 Å². The normalized spacial score (nSPS) is 24.7. The van der Waals surface area contributed by atoms with E-state index in [4.69, 9.17) is 0 Å². The van der Waals surface area contributed by atoms with Crippen molar-refractivity contribution in [1.29, 1.82) is 0 Å². The van der Waals surface area contributed by atoms with Gasteiger partial charge in [0.1, 0.15) is 0 Å². The smallest absolute Gasteiger partial charge is 0.261 e. The van der Waals surface area contributed by atoms with Gasteiger partial charge in [-0.05, 0) is 11.5 Å². The first-order valence-corrected chi connectivity index (χ1v) is 6.49. The molecule has 5 nitrogen and oxygen atoms in total. The van der Waals surface area contributed by atoms with Gasteiger partial charge in [0.05, 0.1) is 18.2 Å². The maximum absolute atomic E-state index is 12.4. The third-order valence-corrected chi connectivity index (χ3v) is 3.88. The van der Waals surface area contributed by atoms with E-state index in [0.29, 0.717) is 12.2 Å². The van der Waals surface area contributed by atoms with Gasteiger partial charge in [-0.1, -0.05) is 36.4 Å². The van der Waals surface area contributed by atoms with Crippen LogP contribution in [0.15, 0.2) is 52.7 Å². The molecule has 2 aromatic rings. The summed E-state index contributed by atoms with van der Waals surface area (Å²) in [7, 11) is 0. The summed E-state index contributed by atoms with van der Waals surface area (Å²) in [5, 5.41) is 9.61. The van der Waals surface area contributed by atoms with Crippen LogP contribution in [0, 0.1) is 5.92 Å². The van der Waals surface area contributed by atoms with Crippen LogP contribution in [-0.2, 0) is 9.59 Å². The Morgan fingerprint density at radius 1 is 1.00 bits per heavy atom. The lowest BCUT2D eigenvalue weighted by Crippen LogP contribution is -2.32. The molecule has 2 amide bonds. The van der Waals surface area contributed by atoms with Crippen LogP contribution >= 0.6 is 0 Å². The summed E-state index contributed by atoms with van der Waals surface area (Å²) in [6, 6.07) is 12.7. The first kappa shape index (κ1) is 11.3. The number of nitrogens with zero attached hydrogens (tertiary/aromatic N) is 3. The van der Waals surface area contributed by atoms with E-state index in [1.165, 1.54) is 4.90 Å². The number of rotatable bonds is 1. The molecule has 2 aliphatic rings. The predicted octanol–water partition coefficient (Wildman–Crippen LogP) is 2.16. The van der Waals surface area contributed by atoms with Gasteiger partial charge in [0, 0.05) is 5.39 Å². The molecule has 0 unspecified atom stereocenters. The van der Waals surface area contributed by atoms with E-state index < -0.39 is 12.0 Å². The monoisotopic (exact) mass is 265 g/mol. The molecule has 98 valence electrons. The molecule has 0 bridgehead atoms. The highest BCUT2D eigenvalue weighted by atomic mass is 16.2. The van der Waals surface area contributed by atoms with Crippen molar-refractivity contribution in [2.45, 2.75) is 6.04 Å². The zero-order chi connectivity index (χ0) is 13.7. The Morgan fingerprint density at radius 2 is 1.80 bits per heavy atom. The fraction of sp³-hybridized carbons (Fsp3) is 0.200. The highest BCUT2D eigenvalue weighted by Crippen LogP contribution is 2.35. The number of carbonyl (C=O) groups excluding carboxylic acids is 2. The third kappa shape index (κ3) is 1.37. The van der Waals surface area contributed by atoms with Crippen LogP contribution in [0.1, 0.15) is 0 Å². The molecule has 0 radical (unpaired) electrons. The maximum atomic E-state index is 12.4. The predicted molar refractivity (Wildman–Crippen MR) is 73.4 cm³/mol. The van der Waals surface area contributed by atoms with Crippen LogP contribution in [-0.4, -0.2) is 24.4 Å². The number of azo groups is 1. The zero-order valence-electron chi connectivity index (χ0n) is 10.6. The van der Waals surface area contributed by atoms with E-state index in [0.717, 1.165) is 10.8 Å². The molecule has 5 heteroatoms. The van der Waals surface area contributed by atoms with Gasteiger partial charge in [-0.15, -0.1) is 0 Å². The molecule has 2 heterocycles. The molecular weight excluding hydrogens is 254 g/mol. The fourth-order valence-corrected chi connectivity index (χ4v) is 2.89. The Labute approximate surface area is 114 Å². The molecule has 1 fully saturated rings. The second-order valence-corrected chi connectivity index (χ2v) is 5.00. The number of anilines is 1. The standard InChI is InChI=1S/C15H11N3O2/c19-14-11-8-16-17-13(11)15(20)18(14)12-7-3-5-9-4-1-2-6-10(9)12/h1-7,11,13H,8H2/t11-,13+/m0/s1. The summed E-state index contributed by atoms with van der Waals surface area (Å²) in [6.07, 6.45) is 0. The van der Waals surface area contributed by atoms with E-state index in [-0.39, 0.29) is 11.8 Å². The molecular formula is C15H11N3O2. The Hall–Kier alpha value is -2.56. The summed E-state index contributed by atoms with van der Waals surface area (Å²) in [4.78, 5) is 26.1. The minimum atomic E-state index is -0.624. The van der Waals surface area contributed by atoms with Gasteiger partial charge in [-0.3, -0.25) is 9.59 Å². The molecule has 2 aliphatic heterocycles. The Bertz CT molecular complexity index is 763. The van der Waals surface area contributed by atoms with Crippen LogP contribution in [0.25, 0.3) is 10.8 Å². The summed E-state index contributed by atoms with van der Waals surface area (Å²) in [6.45, 7) is 0.316. The Kier molecular flexibility index (Phi) is 2.24. The number of carbonyl (C=O) groups is 2. The van der Waals surface area contributed by atoms with Crippen molar-refractivity contribution in [2.75, 3.05) is 11.4 Å². The summed E-state index contributed by atoms with van der Waals surface area (Å²) < 4.78 is 0. The molecule has 4 rings (SSSR count). The van der Waals surface area contributed by atoms with E-state index in [9.17, 15) is 9.59 Å². The van der Waals surface area contributed by atoms with E-state index in [2.05, 4.69) is 10.2 Å². The molecule has 0 saturated carbocycles. The molecule has 0 aromatic heterocycles. The second-order valence-electron chi connectivity index (χ2n) is 5.00. The number of benzene rings is 2. The lowest BCUT2D eigenvalue weighted by molar-refractivity contribution is -0.122. The molecule has 1 saturated heterocycles. The number of hydrogen-bond acceptors (Lipinski definition) is 4. The largest absolute Gasteiger partial charge is 0.274 e. The summed E-state index contributed by atoms with van der Waals surface area (Å²) >= 11 is 0. The first-order chi connectivity index (χ1) is 9.77. The van der Waals surface area contributed by atoms with Crippen molar-refractivity contribution in [2.24, 2.45) is 16.1 Å². The quantitative estimate of drug-likeness (QED) is 0.742. The van der Waals surface area contributed by atoms with Crippen molar-refractivity contribution in [3.8, 4) is 0 Å². The van der Waals surface area contributed by atoms with Crippen molar-refractivity contribution in [3.63, 3.8) is 0 Å². The lowest BCUT2D eigenvalue weighted by atomic mass is 10.1. The molecule has 0 aliphatic carbocycles. The summed E-state index contributed by atoms with van der Waals surface area (Å²) in [5.41, 5.74) is 0.641. The second kappa shape index (κ2) is 3.96. The highest BCUT2D eigenvalue weighted by molar-refractivity contribution is 6.26. The average molecular weight is 265 g/mol. The van der Waals surface area contributed by atoms with Gasteiger partial charge in [-0.2, -0.15) is 10.2 Å². The minimum absolute atomic E-state index is 0.193. The van der Waals surface area contributed by atoms with Gasteiger partial charge in [-0.25, -0.2) is 4.90 Å². The topological polar surface area (TPSA) is 62.1 Å². The van der Waals surface area contributed by atoms with Gasteiger partial charge in [0.2, 0.25) is 5.91 Å². The van der Waals surface area contributed by atoms with Crippen LogP contribution in [0.3, 0.4) is 0 Å². The Morgan fingerprint density at radius 3 is 2.65 bits per heavy atom. The van der Waals surface area contributed by atoms with Crippen LogP contribution in [0.2, 0.25) is 0 Å². The van der Waals surface area contributed by atoms with Crippen LogP contribution < -0.4 is 4.90 Å². The zero-order valence-corrected chi connectivity index (χ0v) is 10.6. The lowest BCUT2D eigenvalue weighted by Gasteiger charge is -2.17. The number of imide groups is 1. The SMILES string of the molecule is O=C1[C@H]2CN=N[C@H]2C(=O)N1c1cccc2ccccc12. The van der Waals surface area contributed by atoms with Crippen LogP contribution in [0.4, 0.5) is 5.69 Å². The minimum Gasteiger partial charge on any atom is -0.274 e. The molecule has 2 aromatic carbocycles. The first-order valence-electron chi connectivity index (χ1n) is 6.49. The van der Waals surface area contributed by atoms with Crippen molar-refractivity contribution < 1.29 is 9.59 Å². The summed E-state index contributed by atoms with van der Waals surface area (Å²) in [5.74, 6) is -0.875. The molecule has 0 N–H and O–H groups in total. The number of fused-ring (bicyclic) bond motifs is 2. The molecule has 20 heavy (non-hydrogen) atoms. The van der Waals surface area contributed by atoms with Gasteiger partial charge < -0.3 is 0 Å². The van der Waals surface area contributed by atoms with E-state index in [1.807, 2.05) is 36.4 Å². The van der Waals surface area contributed by atoms with Gasteiger partial charge in [0.15, 0.2) is 6.04 Å². The number of amides is 2. The molecule has 0 spiro atoms. The van der Waals surface area contributed by atoms with Crippen molar-refractivity contribution in [1.82, 2.24) is 0 Å². The van der Waals surface area contributed by atoms with E-state index in [1.54, 1.807) is 6.07 Å². The fourth-order valence-electron chi connectivity index (χ4n) is 2.89. The third-order valence-electron chi connectivity index (χ3n) is 3.88. The van der Waals surface area contributed by atoms with Gasteiger partial charge in [0.25, 0.3) is 5.91 Å². The molecule has 2 atom stereocenters. The average Bonchev–Trinajstić information content (AvgIpc) is 3.04. The highest BCUT2D eigenvalue weighted by Gasteiger charge is 2.51. The number of hydrogen-bond donors (Lipinski definition) is 0. The maximum Gasteiger partial charge on any atom is 0.261 e. The van der Waals surface area contributed by atoms with Crippen molar-refractivity contribution >= 4 is 28.3 Å².